The number of aromatic amines is 1. The number of nitrogen functional groups attached to an aromatic ring is 1. The van der Waals surface area contributed by atoms with Gasteiger partial charge in [-0.15, -0.1) is 0 Å². The second kappa shape index (κ2) is 5.14. The maximum atomic E-state index is 12.5. The highest BCUT2D eigenvalue weighted by Gasteiger charge is 2.19. The number of H-pyrrole nitrogens is 1. The zero-order valence-electron chi connectivity index (χ0n) is 10.3. The normalized spacial score (nSPS) is 11.0. The minimum Gasteiger partial charge on any atom is -0.382 e. The Balaban J connectivity index is 2.27. The van der Waals surface area contributed by atoms with Crippen molar-refractivity contribution in [3.05, 3.63) is 56.0 Å². The molecule has 0 aliphatic rings. The summed E-state index contributed by atoms with van der Waals surface area (Å²) in [4.78, 5) is 12.5. The summed E-state index contributed by atoms with van der Waals surface area (Å²) in [7, 11) is 0. The van der Waals surface area contributed by atoms with E-state index in [1.54, 1.807) is 18.5 Å². The number of hydrogen-bond donors (Lipinski definition) is 2. The molecule has 0 aliphatic carbocycles. The van der Waals surface area contributed by atoms with Gasteiger partial charge in [-0.3, -0.25) is 9.89 Å². The van der Waals surface area contributed by atoms with Gasteiger partial charge in [0.1, 0.15) is 11.5 Å². The molecule has 0 atom stereocenters. The average Bonchev–Trinajstić information content (AvgIpc) is 2.98. The van der Waals surface area contributed by atoms with Gasteiger partial charge in [-0.25, -0.2) is 9.36 Å². The molecule has 0 fully saturated rings. The van der Waals surface area contributed by atoms with E-state index < -0.39 is 5.56 Å². The fourth-order valence-corrected chi connectivity index (χ4v) is 2.96. The molecule has 0 saturated heterocycles. The second-order valence-corrected chi connectivity index (χ2v) is 5.43. The summed E-state index contributed by atoms with van der Waals surface area (Å²) in [5, 5.41) is 7.54. The zero-order chi connectivity index (χ0) is 15.1. The average molecular weight is 345 g/mol. The van der Waals surface area contributed by atoms with Crippen LogP contribution in [0.3, 0.4) is 0 Å². The number of hydrogen-bond acceptors (Lipinski definition) is 3. The van der Waals surface area contributed by atoms with Crippen LogP contribution in [-0.4, -0.2) is 19.6 Å². The summed E-state index contributed by atoms with van der Waals surface area (Å²) in [6, 6.07) is 4.65. The van der Waals surface area contributed by atoms with E-state index in [1.807, 2.05) is 0 Å². The van der Waals surface area contributed by atoms with Crippen molar-refractivity contribution in [2.45, 2.75) is 0 Å². The highest BCUT2D eigenvalue weighted by atomic mass is 35.5. The number of halogens is 3. The fourth-order valence-electron chi connectivity index (χ4n) is 1.97. The van der Waals surface area contributed by atoms with Crippen LogP contribution in [0.2, 0.25) is 15.1 Å². The lowest BCUT2D eigenvalue weighted by atomic mass is 10.3. The first-order valence-electron chi connectivity index (χ1n) is 5.74. The van der Waals surface area contributed by atoms with Crippen molar-refractivity contribution in [1.82, 2.24) is 19.6 Å². The lowest BCUT2D eigenvalue weighted by Gasteiger charge is -2.07. The number of nitrogens with zero attached hydrogens (tertiary/aromatic N) is 3. The highest BCUT2D eigenvalue weighted by molar-refractivity contribution is 6.40. The van der Waals surface area contributed by atoms with Crippen LogP contribution in [0.15, 0.2) is 35.4 Å². The van der Waals surface area contributed by atoms with Crippen LogP contribution < -0.4 is 11.3 Å². The van der Waals surface area contributed by atoms with Crippen molar-refractivity contribution < 1.29 is 0 Å². The molecule has 0 aliphatic heterocycles. The second-order valence-electron chi connectivity index (χ2n) is 4.18. The Bertz CT molecular complexity index is 843. The molecule has 3 N–H and O–H groups in total. The molecular formula is C12H8Cl3N5O. The van der Waals surface area contributed by atoms with E-state index in [1.165, 1.54) is 16.8 Å². The Morgan fingerprint density at radius 1 is 1.14 bits per heavy atom. The van der Waals surface area contributed by atoms with Crippen molar-refractivity contribution in [3.8, 4) is 11.4 Å². The van der Waals surface area contributed by atoms with E-state index >= 15 is 0 Å². The van der Waals surface area contributed by atoms with Crippen LogP contribution >= 0.6 is 34.8 Å². The van der Waals surface area contributed by atoms with Crippen LogP contribution in [0.1, 0.15) is 0 Å². The van der Waals surface area contributed by atoms with E-state index in [2.05, 4.69) is 10.2 Å². The minimum absolute atomic E-state index is 0.144. The van der Waals surface area contributed by atoms with E-state index in [0.29, 0.717) is 5.02 Å². The molecule has 0 amide bonds. The van der Waals surface area contributed by atoms with Crippen LogP contribution in [-0.2, 0) is 0 Å². The molecule has 0 unspecified atom stereocenters. The Labute approximate surface area is 133 Å². The van der Waals surface area contributed by atoms with Crippen molar-refractivity contribution >= 4 is 40.6 Å². The molecule has 1 aromatic carbocycles. The van der Waals surface area contributed by atoms with Crippen molar-refractivity contribution in [2.24, 2.45) is 0 Å². The summed E-state index contributed by atoms with van der Waals surface area (Å²) >= 11 is 18.1. The molecule has 0 spiro atoms. The van der Waals surface area contributed by atoms with Gasteiger partial charge in [-0.05, 0) is 18.2 Å². The summed E-state index contributed by atoms with van der Waals surface area (Å²) in [5.41, 5.74) is 5.88. The first kappa shape index (κ1) is 14.1. The van der Waals surface area contributed by atoms with Crippen LogP contribution in [0.5, 0.6) is 0 Å². The first-order valence-corrected chi connectivity index (χ1v) is 6.88. The largest absolute Gasteiger partial charge is 0.382 e. The zero-order valence-corrected chi connectivity index (χ0v) is 12.6. The third-order valence-corrected chi connectivity index (χ3v) is 3.63. The topological polar surface area (TPSA) is 81.6 Å². The molecule has 108 valence electrons. The van der Waals surface area contributed by atoms with E-state index in [4.69, 9.17) is 40.5 Å². The monoisotopic (exact) mass is 343 g/mol. The maximum absolute atomic E-state index is 12.5. The summed E-state index contributed by atoms with van der Waals surface area (Å²) in [6.45, 7) is 0. The number of aromatic nitrogens is 4. The molecule has 9 heteroatoms. The Morgan fingerprint density at radius 3 is 2.38 bits per heavy atom. The van der Waals surface area contributed by atoms with E-state index in [0.717, 1.165) is 4.68 Å². The quantitative estimate of drug-likeness (QED) is 0.750. The molecule has 3 rings (SSSR count). The van der Waals surface area contributed by atoms with Crippen molar-refractivity contribution in [2.75, 3.05) is 5.73 Å². The molecular weight excluding hydrogens is 337 g/mol. The fraction of sp³-hybridized carbons (Fsp3) is 0. The molecule has 2 aromatic heterocycles. The number of benzene rings is 1. The van der Waals surface area contributed by atoms with Gasteiger partial charge in [-0.1, -0.05) is 34.8 Å². The summed E-state index contributed by atoms with van der Waals surface area (Å²) in [6.07, 6.45) is 3.15. The van der Waals surface area contributed by atoms with Gasteiger partial charge in [-0.2, -0.15) is 5.10 Å². The van der Waals surface area contributed by atoms with Crippen LogP contribution in [0.25, 0.3) is 11.4 Å². The number of rotatable bonds is 2. The lowest BCUT2D eigenvalue weighted by Crippen LogP contribution is -2.19. The number of nitrogens with one attached hydrogen (secondary N) is 1. The Morgan fingerprint density at radius 2 is 1.81 bits per heavy atom. The van der Waals surface area contributed by atoms with Gasteiger partial charge in [0.15, 0.2) is 5.69 Å². The summed E-state index contributed by atoms with van der Waals surface area (Å²) < 4.78 is 2.52. The molecule has 0 saturated carbocycles. The molecule has 3 aromatic rings. The van der Waals surface area contributed by atoms with Gasteiger partial charge in [0.2, 0.25) is 0 Å². The van der Waals surface area contributed by atoms with E-state index in [-0.39, 0.29) is 27.2 Å². The minimum atomic E-state index is -0.428. The highest BCUT2D eigenvalue weighted by Crippen LogP contribution is 2.31. The summed E-state index contributed by atoms with van der Waals surface area (Å²) in [5.74, 6) is 0.144. The standard InChI is InChI=1S/C12H8Cl3N5O/c13-6-4-7(14)9(8(15)5-6)20-12(21)10(11(16)18-20)19-3-1-2-17-19/h1-5,18H,16H2. The predicted octanol–water partition coefficient (Wildman–Crippen LogP) is 2.89. The van der Waals surface area contributed by atoms with Crippen molar-refractivity contribution in [3.63, 3.8) is 0 Å². The molecule has 6 nitrogen and oxygen atoms in total. The van der Waals surface area contributed by atoms with Gasteiger partial charge >= 0.3 is 0 Å². The molecule has 0 radical (unpaired) electrons. The molecule has 2 heterocycles. The Kier molecular flexibility index (Phi) is 3.44. The lowest BCUT2D eigenvalue weighted by molar-refractivity contribution is 0.836. The van der Waals surface area contributed by atoms with Crippen molar-refractivity contribution in [1.29, 1.82) is 0 Å². The molecule has 21 heavy (non-hydrogen) atoms. The van der Waals surface area contributed by atoms with Gasteiger partial charge in [0.05, 0.1) is 10.0 Å². The predicted molar refractivity (Wildman–Crippen MR) is 83.0 cm³/mol. The maximum Gasteiger partial charge on any atom is 0.299 e. The van der Waals surface area contributed by atoms with Gasteiger partial charge in [0, 0.05) is 17.4 Å². The third kappa shape index (κ3) is 2.31. The smallest absolute Gasteiger partial charge is 0.299 e. The third-order valence-electron chi connectivity index (χ3n) is 2.83. The Hall–Kier alpha value is -1.89. The van der Waals surface area contributed by atoms with E-state index in [9.17, 15) is 4.79 Å². The van der Waals surface area contributed by atoms with Gasteiger partial charge in [0.25, 0.3) is 5.56 Å². The molecule has 0 bridgehead atoms. The number of nitrogens with two attached hydrogens (primary N) is 1. The van der Waals surface area contributed by atoms with Gasteiger partial charge < -0.3 is 5.73 Å². The number of anilines is 1. The van der Waals surface area contributed by atoms with Crippen LogP contribution in [0, 0.1) is 0 Å². The SMILES string of the molecule is Nc1[nH]n(-c2c(Cl)cc(Cl)cc2Cl)c(=O)c1-n1cccn1. The first-order chi connectivity index (χ1) is 9.99. The van der Waals surface area contributed by atoms with Crippen LogP contribution in [0.4, 0.5) is 5.82 Å².